The van der Waals surface area contributed by atoms with E-state index in [-0.39, 0.29) is 29.6 Å². The van der Waals surface area contributed by atoms with Crippen molar-refractivity contribution in [1.29, 1.82) is 0 Å². The van der Waals surface area contributed by atoms with E-state index in [9.17, 15) is 14.4 Å². The Hall–Kier alpha value is -2.17. The third-order valence-corrected chi connectivity index (χ3v) is 5.17. The molecule has 5 heteroatoms. The standard InChI is InChI=1S/C17H18N2O3/c1-17-9-19(16(22)10-6-7-10)8-13(17)18-15(21)12-5-3-2-4-11(12)14(17)20/h2-5,10,13H,6-9H2,1H3,(H,18,21)/t13-,17+/m1/s1. The van der Waals surface area contributed by atoms with E-state index >= 15 is 0 Å². The summed E-state index contributed by atoms with van der Waals surface area (Å²) in [5, 5.41) is 2.96. The van der Waals surface area contributed by atoms with Crippen molar-refractivity contribution in [3.63, 3.8) is 0 Å². The van der Waals surface area contributed by atoms with Crippen LogP contribution in [0.1, 0.15) is 40.5 Å². The van der Waals surface area contributed by atoms with E-state index in [1.54, 1.807) is 29.2 Å². The van der Waals surface area contributed by atoms with Gasteiger partial charge in [-0.15, -0.1) is 0 Å². The zero-order chi connectivity index (χ0) is 15.5. The number of Topliss-reactive ketones (excluding diaryl/α,β-unsaturated/α-hetero) is 1. The van der Waals surface area contributed by atoms with Crippen LogP contribution in [-0.2, 0) is 4.79 Å². The SMILES string of the molecule is C[C@]12CN(C(=O)C3CC3)C[C@H]1NC(=O)c1ccccc1C2=O. The monoisotopic (exact) mass is 298 g/mol. The molecule has 2 aliphatic heterocycles. The molecular weight excluding hydrogens is 280 g/mol. The lowest BCUT2D eigenvalue weighted by atomic mass is 9.78. The Bertz CT molecular complexity index is 695. The Morgan fingerprint density at radius 1 is 1.23 bits per heavy atom. The van der Waals surface area contributed by atoms with Crippen LogP contribution in [0.4, 0.5) is 0 Å². The largest absolute Gasteiger partial charge is 0.346 e. The Labute approximate surface area is 128 Å². The average Bonchev–Trinajstić information content (AvgIpc) is 3.31. The fourth-order valence-electron chi connectivity index (χ4n) is 3.61. The normalized spacial score (nSPS) is 30.4. The van der Waals surface area contributed by atoms with Gasteiger partial charge in [0.05, 0.1) is 17.0 Å². The Morgan fingerprint density at radius 3 is 2.59 bits per heavy atom. The van der Waals surface area contributed by atoms with Crippen LogP contribution in [0.3, 0.4) is 0 Å². The number of likely N-dealkylation sites (tertiary alicyclic amines) is 1. The summed E-state index contributed by atoms with van der Waals surface area (Å²) >= 11 is 0. The maximum absolute atomic E-state index is 13.0. The molecule has 1 saturated carbocycles. The maximum atomic E-state index is 13.0. The minimum absolute atomic E-state index is 0.0439. The molecule has 1 N–H and O–H groups in total. The van der Waals surface area contributed by atoms with Gasteiger partial charge in [0.25, 0.3) is 5.91 Å². The zero-order valence-electron chi connectivity index (χ0n) is 12.5. The average molecular weight is 298 g/mol. The second kappa shape index (κ2) is 4.41. The summed E-state index contributed by atoms with van der Waals surface area (Å²) in [6.07, 6.45) is 1.89. The maximum Gasteiger partial charge on any atom is 0.252 e. The second-order valence-corrected chi connectivity index (χ2v) is 6.81. The van der Waals surface area contributed by atoms with Gasteiger partial charge < -0.3 is 10.2 Å². The van der Waals surface area contributed by atoms with Crippen molar-refractivity contribution in [3.05, 3.63) is 35.4 Å². The van der Waals surface area contributed by atoms with Gasteiger partial charge in [-0.25, -0.2) is 0 Å². The molecule has 0 radical (unpaired) electrons. The lowest BCUT2D eigenvalue weighted by Gasteiger charge is -2.26. The first kappa shape index (κ1) is 13.5. The molecule has 0 unspecified atom stereocenters. The Kier molecular flexibility index (Phi) is 2.71. The Balaban J connectivity index is 1.72. The molecule has 2 heterocycles. The van der Waals surface area contributed by atoms with Crippen LogP contribution in [0.2, 0.25) is 0 Å². The highest BCUT2D eigenvalue weighted by molar-refractivity contribution is 6.12. The summed E-state index contributed by atoms with van der Waals surface area (Å²) < 4.78 is 0. The van der Waals surface area contributed by atoms with E-state index in [4.69, 9.17) is 0 Å². The number of fused-ring (bicyclic) bond motifs is 2. The first-order valence-electron chi connectivity index (χ1n) is 7.74. The molecule has 22 heavy (non-hydrogen) atoms. The fourth-order valence-corrected chi connectivity index (χ4v) is 3.61. The molecule has 3 aliphatic rings. The van der Waals surface area contributed by atoms with E-state index in [0.717, 1.165) is 12.8 Å². The minimum atomic E-state index is -0.743. The highest BCUT2D eigenvalue weighted by Gasteiger charge is 2.53. The molecule has 0 spiro atoms. The quantitative estimate of drug-likeness (QED) is 0.848. The summed E-state index contributed by atoms with van der Waals surface area (Å²) in [6.45, 7) is 2.68. The molecule has 0 bridgehead atoms. The number of nitrogens with zero attached hydrogens (tertiary/aromatic N) is 1. The van der Waals surface area contributed by atoms with Gasteiger partial charge in [0, 0.05) is 24.6 Å². The minimum Gasteiger partial charge on any atom is -0.346 e. The number of hydrogen-bond acceptors (Lipinski definition) is 3. The lowest BCUT2D eigenvalue weighted by molar-refractivity contribution is -0.131. The predicted molar refractivity (Wildman–Crippen MR) is 79.4 cm³/mol. The van der Waals surface area contributed by atoms with E-state index in [0.29, 0.717) is 24.2 Å². The summed E-state index contributed by atoms with van der Waals surface area (Å²) in [4.78, 5) is 39.5. The fraction of sp³-hybridized carbons (Fsp3) is 0.471. The summed E-state index contributed by atoms with van der Waals surface area (Å²) in [6, 6.07) is 6.60. The molecular formula is C17H18N2O3. The van der Waals surface area contributed by atoms with Gasteiger partial charge in [-0.05, 0) is 25.8 Å². The van der Waals surface area contributed by atoms with Crippen LogP contribution in [0.5, 0.6) is 0 Å². The summed E-state index contributed by atoms with van der Waals surface area (Å²) in [5.74, 6) is -0.00962. The van der Waals surface area contributed by atoms with Crippen molar-refractivity contribution in [2.24, 2.45) is 11.3 Å². The number of carbonyl (C=O) groups excluding carboxylic acids is 3. The number of hydrogen-bond donors (Lipinski definition) is 1. The molecule has 1 aromatic rings. The summed E-state index contributed by atoms with van der Waals surface area (Å²) in [5.41, 5.74) is 0.154. The van der Waals surface area contributed by atoms with Crippen LogP contribution in [0.15, 0.2) is 24.3 Å². The third kappa shape index (κ3) is 1.81. The lowest BCUT2D eigenvalue weighted by Crippen LogP contribution is -2.47. The van der Waals surface area contributed by atoms with Crippen molar-refractivity contribution in [3.8, 4) is 0 Å². The van der Waals surface area contributed by atoms with Gasteiger partial charge in [0.15, 0.2) is 5.78 Å². The summed E-state index contributed by atoms with van der Waals surface area (Å²) in [7, 11) is 0. The smallest absolute Gasteiger partial charge is 0.252 e. The van der Waals surface area contributed by atoms with Gasteiger partial charge in [-0.3, -0.25) is 14.4 Å². The zero-order valence-corrected chi connectivity index (χ0v) is 12.5. The highest BCUT2D eigenvalue weighted by Crippen LogP contribution is 2.40. The van der Waals surface area contributed by atoms with Crippen molar-refractivity contribution in [1.82, 2.24) is 10.2 Å². The van der Waals surface area contributed by atoms with Gasteiger partial charge in [-0.1, -0.05) is 18.2 Å². The van der Waals surface area contributed by atoms with Crippen molar-refractivity contribution < 1.29 is 14.4 Å². The van der Waals surface area contributed by atoms with Crippen LogP contribution >= 0.6 is 0 Å². The molecule has 5 nitrogen and oxygen atoms in total. The first-order valence-corrected chi connectivity index (χ1v) is 7.74. The van der Waals surface area contributed by atoms with Crippen molar-refractivity contribution in [2.75, 3.05) is 13.1 Å². The Morgan fingerprint density at radius 2 is 1.91 bits per heavy atom. The van der Waals surface area contributed by atoms with E-state index in [2.05, 4.69) is 5.32 Å². The van der Waals surface area contributed by atoms with Crippen LogP contribution in [0.25, 0.3) is 0 Å². The van der Waals surface area contributed by atoms with Gasteiger partial charge in [0.1, 0.15) is 0 Å². The predicted octanol–water partition coefficient (Wildman–Crippen LogP) is 1.24. The molecule has 2 atom stereocenters. The molecule has 1 aromatic carbocycles. The number of rotatable bonds is 1. The van der Waals surface area contributed by atoms with Crippen LogP contribution in [-0.4, -0.2) is 41.6 Å². The number of carbonyl (C=O) groups is 3. The second-order valence-electron chi connectivity index (χ2n) is 6.81. The molecule has 114 valence electrons. The molecule has 2 fully saturated rings. The molecule has 0 aromatic heterocycles. The molecule has 1 saturated heterocycles. The van der Waals surface area contributed by atoms with Gasteiger partial charge in [-0.2, -0.15) is 0 Å². The first-order chi connectivity index (χ1) is 10.5. The van der Waals surface area contributed by atoms with E-state index in [1.165, 1.54) is 0 Å². The molecule has 4 rings (SSSR count). The highest BCUT2D eigenvalue weighted by atomic mass is 16.2. The molecule has 2 amide bonds. The number of amides is 2. The topological polar surface area (TPSA) is 66.5 Å². The van der Waals surface area contributed by atoms with Crippen LogP contribution in [0, 0.1) is 11.3 Å². The van der Waals surface area contributed by atoms with Crippen molar-refractivity contribution >= 4 is 17.6 Å². The third-order valence-electron chi connectivity index (χ3n) is 5.17. The van der Waals surface area contributed by atoms with E-state index < -0.39 is 5.41 Å². The van der Waals surface area contributed by atoms with Gasteiger partial charge >= 0.3 is 0 Å². The van der Waals surface area contributed by atoms with Crippen molar-refractivity contribution in [2.45, 2.75) is 25.8 Å². The van der Waals surface area contributed by atoms with E-state index in [1.807, 2.05) is 6.92 Å². The number of benzene rings is 1. The van der Waals surface area contributed by atoms with Gasteiger partial charge in [0.2, 0.25) is 5.91 Å². The number of ketones is 1. The molecule has 1 aliphatic carbocycles. The van der Waals surface area contributed by atoms with Crippen LogP contribution < -0.4 is 5.32 Å². The number of nitrogens with one attached hydrogen (secondary N) is 1.